The Balaban J connectivity index is 1.87. The molecule has 0 saturated heterocycles. The zero-order chi connectivity index (χ0) is 12.5. The maximum absolute atomic E-state index is 12.3. The summed E-state index contributed by atoms with van der Waals surface area (Å²) in [4.78, 5) is 14.8. The first kappa shape index (κ1) is 12.5. The minimum Gasteiger partial charge on any atom is -0.314 e. The number of carbonyl (C=O) groups is 1. The van der Waals surface area contributed by atoms with Crippen LogP contribution in [0.25, 0.3) is 0 Å². The average molecular weight is 264 g/mol. The van der Waals surface area contributed by atoms with Gasteiger partial charge in [0, 0.05) is 25.2 Å². The van der Waals surface area contributed by atoms with E-state index in [2.05, 4.69) is 10.3 Å². The Kier molecular flexibility index (Phi) is 3.48. The van der Waals surface area contributed by atoms with Crippen LogP contribution in [0.2, 0.25) is 0 Å². The van der Waals surface area contributed by atoms with Gasteiger partial charge in [0.2, 0.25) is 0 Å². The minimum absolute atomic E-state index is 0.0786. The third kappa shape index (κ3) is 3.50. The summed E-state index contributed by atoms with van der Waals surface area (Å²) >= 11 is 0.409. The molecular formula is C10H11F3N2OS. The number of aromatic nitrogens is 1. The molecule has 1 aromatic rings. The SMILES string of the molecule is O=C(CCNC1CC1)c1cnc(C(F)(F)F)s1. The Labute approximate surface area is 100 Å². The Hall–Kier alpha value is -0.950. The largest absolute Gasteiger partial charge is 0.443 e. The van der Waals surface area contributed by atoms with Gasteiger partial charge < -0.3 is 5.32 Å². The highest BCUT2D eigenvalue weighted by Crippen LogP contribution is 2.32. The first-order chi connectivity index (χ1) is 7.97. The van der Waals surface area contributed by atoms with Crippen molar-refractivity contribution in [3.8, 4) is 0 Å². The van der Waals surface area contributed by atoms with Crippen molar-refractivity contribution in [1.82, 2.24) is 10.3 Å². The van der Waals surface area contributed by atoms with E-state index < -0.39 is 11.2 Å². The molecule has 2 rings (SSSR count). The lowest BCUT2D eigenvalue weighted by Gasteiger charge is -2.00. The van der Waals surface area contributed by atoms with Crippen molar-refractivity contribution in [3.05, 3.63) is 16.1 Å². The third-order valence-corrected chi connectivity index (χ3v) is 3.47. The Morgan fingerprint density at radius 2 is 2.24 bits per heavy atom. The normalized spacial score (nSPS) is 16.2. The number of nitrogens with one attached hydrogen (secondary N) is 1. The van der Waals surface area contributed by atoms with Crippen molar-refractivity contribution in [1.29, 1.82) is 0 Å². The van der Waals surface area contributed by atoms with E-state index in [1.165, 1.54) is 0 Å². The van der Waals surface area contributed by atoms with Gasteiger partial charge >= 0.3 is 6.18 Å². The van der Waals surface area contributed by atoms with Crippen molar-refractivity contribution in [3.63, 3.8) is 0 Å². The molecule has 0 aromatic carbocycles. The molecule has 0 bridgehead atoms. The maximum atomic E-state index is 12.3. The Morgan fingerprint density at radius 1 is 1.53 bits per heavy atom. The van der Waals surface area contributed by atoms with Gasteiger partial charge in [-0.05, 0) is 12.8 Å². The van der Waals surface area contributed by atoms with Gasteiger partial charge in [0.25, 0.3) is 0 Å². The molecule has 0 radical (unpaired) electrons. The van der Waals surface area contributed by atoms with Crippen molar-refractivity contribution in [2.24, 2.45) is 0 Å². The molecule has 0 unspecified atom stereocenters. The van der Waals surface area contributed by atoms with Crippen LogP contribution in [0.15, 0.2) is 6.20 Å². The summed E-state index contributed by atoms with van der Waals surface area (Å²) in [6.45, 7) is 0.517. The zero-order valence-corrected chi connectivity index (χ0v) is 9.70. The number of Topliss-reactive ketones (excluding diaryl/α,β-unsaturated/α-hetero) is 1. The van der Waals surface area contributed by atoms with Crippen LogP contribution in [-0.4, -0.2) is 23.4 Å². The van der Waals surface area contributed by atoms with Crippen LogP contribution < -0.4 is 5.32 Å². The van der Waals surface area contributed by atoms with Crippen LogP contribution in [0.5, 0.6) is 0 Å². The minimum atomic E-state index is -4.46. The second-order valence-corrected chi connectivity index (χ2v) is 4.96. The molecule has 1 aliphatic carbocycles. The van der Waals surface area contributed by atoms with Crippen molar-refractivity contribution in [2.45, 2.75) is 31.5 Å². The first-order valence-electron chi connectivity index (χ1n) is 5.26. The molecule has 3 nitrogen and oxygen atoms in total. The van der Waals surface area contributed by atoms with Crippen LogP contribution in [0.3, 0.4) is 0 Å². The smallest absolute Gasteiger partial charge is 0.314 e. The van der Waals surface area contributed by atoms with Crippen LogP contribution in [-0.2, 0) is 6.18 Å². The number of nitrogens with zero attached hydrogens (tertiary/aromatic N) is 1. The van der Waals surface area contributed by atoms with E-state index in [0.717, 1.165) is 19.0 Å². The van der Waals surface area contributed by atoms with Crippen LogP contribution in [0, 0.1) is 0 Å². The van der Waals surface area contributed by atoms with Gasteiger partial charge in [0.1, 0.15) is 0 Å². The average Bonchev–Trinajstić information content (AvgIpc) is 2.91. The number of thiazole rings is 1. The Morgan fingerprint density at radius 3 is 2.76 bits per heavy atom. The molecule has 17 heavy (non-hydrogen) atoms. The Bertz CT molecular complexity index is 412. The van der Waals surface area contributed by atoms with Crippen LogP contribution in [0.4, 0.5) is 13.2 Å². The fourth-order valence-corrected chi connectivity index (χ4v) is 2.09. The summed E-state index contributed by atoms with van der Waals surface area (Å²) in [7, 11) is 0. The molecule has 1 aromatic heterocycles. The highest BCUT2D eigenvalue weighted by Gasteiger charge is 2.35. The molecular weight excluding hydrogens is 253 g/mol. The lowest BCUT2D eigenvalue weighted by Crippen LogP contribution is -2.19. The molecule has 0 spiro atoms. The second kappa shape index (κ2) is 4.73. The maximum Gasteiger partial charge on any atom is 0.443 e. The highest BCUT2D eigenvalue weighted by molar-refractivity contribution is 7.13. The molecule has 0 atom stereocenters. The van der Waals surface area contributed by atoms with Gasteiger partial charge in [-0.15, -0.1) is 11.3 Å². The summed E-state index contributed by atoms with van der Waals surface area (Å²) in [5.74, 6) is -0.286. The van der Waals surface area contributed by atoms with Gasteiger partial charge in [-0.25, -0.2) is 4.98 Å². The highest BCUT2D eigenvalue weighted by atomic mass is 32.1. The van der Waals surface area contributed by atoms with E-state index in [0.29, 0.717) is 23.9 Å². The van der Waals surface area contributed by atoms with Crippen molar-refractivity contribution >= 4 is 17.1 Å². The van der Waals surface area contributed by atoms with Gasteiger partial charge in [-0.2, -0.15) is 13.2 Å². The van der Waals surface area contributed by atoms with Crippen molar-refractivity contribution in [2.75, 3.05) is 6.54 Å². The zero-order valence-electron chi connectivity index (χ0n) is 8.88. The topological polar surface area (TPSA) is 42.0 Å². The van der Waals surface area contributed by atoms with Gasteiger partial charge in [0.15, 0.2) is 10.8 Å². The number of alkyl halides is 3. The predicted octanol–water partition coefficient (Wildman–Crippen LogP) is 2.49. The molecule has 0 aliphatic heterocycles. The number of carbonyl (C=O) groups excluding carboxylic acids is 1. The summed E-state index contributed by atoms with van der Waals surface area (Å²) in [6, 6.07) is 0.495. The quantitative estimate of drug-likeness (QED) is 0.831. The predicted molar refractivity (Wildman–Crippen MR) is 57.1 cm³/mol. The molecule has 7 heteroatoms. The number of hydrogen-bond acceptors (Lipinski definition) is 4. The molecule has 1 heterocycles. The summed E-state index contributed by atoms with van der Waals surface area (Å²) in [5, 5.41) is 2.17. The summed E-state index contributed by atoms with van der Waals surface area (Å²) < 4.78 is 36.8. The van der Waals surface area contributed by atoms with E-state index in [-0.39, 0.29) is 17.1 Å². The number of ketones is 1. The third-order valence-electron chi connectivity index (χ3n) is 2.39. The lowest BCUT2D eigenvalue weighted by molar-refractivity contribution is -0.137. The summed E-state index contributed by atoms with van der Waals surface area (Å²) in [6.07, 6.45) is -1.00. The second-order valence-electron chi connectivity index (χ2n) is 3.93. The van der Waals surface area contributed by atoms with E-state index in [1.54, 1.807) is 0 Å². The number of rotatable bonds is 5. The monoisotopic (exact) mass is 264 g/mol. The van der Waals surface area contributed by atoms with Gasteiger partial charge in [-0.1, -0.05) is 0 Å². The van der Waals surface area contributed by atoms with Gasteiger partial charge in [-0.3, -0.25) is 4.79 Å². The van der Waals surface area contributed by atoms with Crippen molar-refractivity contribution < 1.29 is 18.0 Å². The fraction of sp³-hybridized carbons (Fsp3) is 0.600. The number of halogens is 3. The standard InChI is InChI=1S/C10H11F3N2OS/c11-10(12,13)9-15-5-8(17-9)7(16)3-4-14-6-1-2-6/h5-6,14H,1-4H2. The summed E-state index contributed by atoms with van der Waals surface area (Å²) in [5.41, 5.74) is 0. The van der Waals surface area contributed by atoms with Crippen LogP contribution >= 0.6 is 11.3 Å². The van der Waals surface area contributed by atoms with E-state index in [9.17, 15) is 18.0 Å². The molecule has 1 N–H and O–H groups in total. The van der Waals surface area contributed by atoms with Gasteiger partial charge in [0.05, 0.1) is 4.88 Å². The van der Waals surface area contributed by atoms with Crippen LogP contribution in [0.1, 0.15) is 33.9 Å². The molecule has 1 saturated carbocycles. The first-order valence-corrected chi connectivity index (χ1v) is 6.08. The van der Waals surface area contributed by atoms with E-state index in [1.807, 2.05) is 0 Å². The lowest BCUT2D eigenvalue weighted by atomic mass is 10.2. The van der Waals surface area contributed by atoms with E-state index in [4.69, 9.17) is 0 Å². The molecule has 1 fully saturated rings. The fourth-order valence-electron chi connectivity index (χ4n) is 1.33. The molecule has 1 aliphatic rings. The molecule has 94 valence electrons. The molecule has 0 amide bonds. The van der Waals surface area contributed by atoms with E-state index >= 15 is 0 Å². The number of hydrogen-bond donors (Lipinski definition) is 1.